The van der Waals surface area contributed by atoms with Crippen LogP contribution in [0.15, 0.2) is 16.6 Å². The highest BCUT2D eigenvalue weighted by atomic mass is 79.9. The van der Waals surface area contributed by atoms with Gasteiger partial charge < -0.3 is 10.8 Å². The van der Waals surface area contributed by atoms with E-state index < -0.39 is 0 Å². The third-order valence-electron chi connectivity index (χ3n) is 1.54. The molecule has 0 spiro atoms. The number of phenols is 1. The lowest BCUT2D eigenvalue weighted by Gasteiger charge is -2.04. The fourth-order valence-corrected chi connectivity index (χ4v) is 1.38. The lowest BCUT2D eigenvalue weighted by atomic mass is 10.1. The average molecular weight is 265 g/mol. The summed E-state index contributed by atoms with van der Waals surface area (Å²) in [5, 5.41) is 9.21. The molecule has 0 heterocycles. The number of nitrogens with two attached hydrogens (primary N) is 1. The molecule has 1 rings (SSSR count). The number of alkyl halides is 1. The van der Waals surface area contributed by atoms with Gasteiger partial charge >= 0.3 is 0 Å². The average Bonchev–Trinajstić information content (AvgIpc) is 2.10. The minimum Gasteiger partial charge on any atom is -0.507 e. The molecule has 5 heteroatoms. The molecule has 0 aliphatic heterocycles. The summed E-state index contributed by atoms with van der Waals surface area (Å²) in [6.07, 6.45) is 0. The highest BCUT2D eigenvalue weighted by molar-refractivity contribution is 9.10. The van der Waals surface area contributed by atoms with E-state index in [2.05, 4.69) is 15.9 Å². The van der Waals surface area contributed by atoms with Crippen molar-refractivity contribution in [3.8, 4) is 5.75 Å². The maximum Gasteiger partial charge on any atom is 0.179 e. The van der Waals surface area contributed by atoms with Crippen molar-refractivity contribution in [1.82, 2.24) is 0 Å². The normalized spacial score (nSPS) is 10.0. The van der Waals surface area contributed by atoms with E-state index in [0.29, 0.717) is 10.0 Å². The first-order valence-electron chi connectivity index (χ1n) is 3.43. The Morgan fingerprint density at radius 2 is 2.23 bits per heavy atom. The second kappa shape index (κ2) is 3.98. The summed E-state index contributed by atoms with van der Waals surface area (Å²) in [5.74, 6) is -0.384. The number of Topliss-reactive ketones (excluding diaryl/α,β-unsaturated/α-hetero) is 1. The molecule has 1 aromatic carbocycles. The number of benzene rings is 1. The van der Waals surface area contributed by atoms with E-state index in [4.69, 9.17) is 17.3 Å². The van der Waals surface area contributed by atoms with Gasteiger partial charge in [0.1, 0.15) is 5.75 Å². The highest BCUT2D eigenvalue weighted by Gasteiger charge is 2.11. The number of halogens is 2. The van der Waals surface area contributed by atoms with E-state index in [1.54, 1.807) is 0 Å². The zero-order valence-corrected chi connectivity index (χ0v) is 8.89. The topological polar surface area (TPSA) is 63.3 Å². The molecule has 0 atom stereocenters. The van der Waals surface area contributed by atoms with Crippen molar-refractivity contribution in [1.29, 1.82) is 0 Å². The van der Waals surface area contributed by atoms with Gasteiger partial charge in [-0.1, -0.05) is 0 Å². The Bertz CT molecular complexity index is 354. The summed E-state index contributed by atoms with van der Waals surface area (Å²) < 4.78 is 0.426. The third-order valence-corrected chi connectivity index (χ3v) is 2.42. The van der Waals surface area contributed by atoms with Crippen molar-refractivity contribution in [3.63, 3.8) is 0 Å². The first-order chi connectivity index (χ1) is 6.06. The molecule has 3 N–H and O–H groups in total. The first-order valence-corrected chi connectivity index (χ1v) is 4.76. The second-order valence-corrected chi connectivity index (χ2v) is 3.57. The minimum absolute atomic E-state index is 0.00335. The van der Waals surface area contributed by atoms with Crippen LogP contribution in [-0.2, 0) is 0 Å². The Kier molecular flexibility index (Phi) is 3.17. The van der Waals surface area contributed by atoms with Gasteiger partial charge in [-0.25, -0.2) is 0 Å². The number of hydrogen-bond donors (Lipinski definition) is 2. The van der Waals surface area contributed by atoms with E-state index in [1.807, 2.05) is 0 Å². The highest BCUT2D eigenvalue weighted by Crippen LogP contribution is 2.29. The Labute approximate surface area is 88.6 Å². The molecule has 0 radical (unpaired) electrons. The Morgan fingerprint density at radius 3 is 2.77 bits per heavy atom. The molecule has 0 saturated carbocycles. The van der Waals surface area contributed by atoms with E-state index in [0.717, 1.165) is 0 Å². The fourth-order valence-electron chi connectivity index (χ4n) is 0.891. The molecule has 0 unspecified atom stereocenters. The quantitative estimate of drug-likeness (QED) is 0.489. The summed E-state index contributed by atoms with van der Waals surface area (Å²) in [4.78, 5) is 11.2. The zero-order chi connectivity index (χ0) is 10.0. The monoisotopic (exact) mass is 263 g/mol. The smallest absolute Gasteiger partial charge is 0.179 e. The molecule has 1 aromatic rings. The third kappa shape index (κ3) is 2.14. The number of hydrogen-bond acceptors (Lipinski definition) is 3. The van der Waals surface area contributed by atoms with Gasteiger partial charge in [-0.05, 0) is 22.0 Å². The number of aromatic hydroxyl groups is 1. The Morgan fingerprint density at radius 1 is 1.62 bits per heavy atom. The van der Waals surface area contributed by atoms with E-state index >= 15 is 0 Å². The number of carbonyl (C=O) groups excluding carboxylic acids is 1. The van der Waals surface area contributed by atoms with Crippen LogP contribution >= 0.6 is 27.5 Å². The van der Waals surface area contributed by atoms with Gasteiger partial charge in [-0.2, -0.15) is 0 Å². The van der Waals surface area contributed by atoms with Gasteiger partial charge in [0.25, 0.3) is 0 Å². The van der Waals surface area contributed by atoms with Crippen LogP contribution in [0.25, 0.3) is 0 Å². The van der Waals surface area contributed by atoms with Crippen molar-refractivity contribution in [3.05, 3.63) is 22.2 Å². The molecular formula is C8H7BrClNO2. The number of phenolic OH excluding ortho intramolecular Hbond substituents is 1. The summed E-state index contributed by atoms with van der Waals surface area (Å²) in [7, 11) is 0. The van der Waals surface area contributed by atoms with Crippen LogP contribution in [0.2, 0.25) is 0 Å². The van der Waals surface area contributed by atoms with Gasteiger partial charge in [0, 0.05) is 17.3 Å². The molecule has 13 heavy (non-hydrogen) atoms. The number of ketones is 1. The standard InChI is InChI=1S/C8H7BrClNO2/c9-5-1-4(8(13)3-10)6(11)2-7(5)12/h1-2,12H,3,11H2. The van der Waals surface area contributed by atoms with Crippen molar-refractivity contribution in [2.45, 2.75) is 0 Å². The number of carbonyl (C=O) groups is 1. The van der Waals surface area contributed by atoms with Crippen molar-refractivity contribution < 1.29 is 9.90 Å². The summed E-state index contributed by atoms with van der Waals surface area (Å²) in [5.41, 5.74) is 6.05. The van der Waals surface area contributed by atoms with Gasteiger partial charge in [0.05, 0.1) is 10.4 Å². The summed E-state index contributed by atoms with van der Waals surface area (Å²) in [6, 6.07) is 2.76. The number of anilines is 1. The second-order valence-electron chi connectivity index (χ2n) is 2.45. The van der Waals surface area contributed by atoms with E-state index in [9.17, 15) is 9.90 Å². The first kappa shape index (κ1) is 10.3. The maximum absolute atomic E-state index is 11.2. The van der Waals surface area contributed by atoms with E-state index in [1.165, 1.54) is 12.1 Å². The zero-order valence-electron chi connectivity index (χ0n) is 6.55. The van der Waals surface area contributed by atoms with Crippen LogP contribution in [-0.4, -0.2) is 16.8 Å². The molecule has 70 valence electrons. The molecule has 0 aliphatic rings. The van der Waals surface area contributed by atoms with Crippen LogP contribution in [0.1, 0.15) is 10.4 Å². The van der Waals surface area contributed by atoms with Crippen molar-refractivity contribution in [2.75, 3.05) is 11.6 Å². The molecular weight excluding hydrogens is 257 g/mol. The Hall–Kier alpha value is -0.740. The van der Waals surface area contributed by atoms with Crippen LogP contribution in [0.3, 0.4) is 0 Å². The molecule has 0 saturated heterocycles. The van der Waals surface area contributed by atoms with Gasteiger partial charge in [0.15, 0.2) is 5.78 Å². The lowest BCUT2D eigenvalue weighted by molar-refractivity contribution is 0.102. The minimum atomic E-state index is -0.264. The van der Waals surface area contributed by atoms with Crippen molar-refractivity contribution in [2.24, 2.45) is 0 Å². The van der Waals surface area contributed by atoms with Crippen LogP contribution in [0.5, 0.6) is 5.75 Å². The van der Waals surface area contributed by atoms with Crippen LogP contribution < -0.4 is 5.73 Å². The van der Waals surface area contributed by atoms with Crippen molar-refractivity contribution >= 4 is 39.0 Å². The van der Waals surface area contributed by atoms with Gasteiger partial charge in [-0.3, -0.25) is 4.79 Å². The summed E-state index contributed by atoms with van der Waals surface area (Å²) in [6.45, 7) is 0. The lowest BCUT2D eigenvalue weighted by Crippen LogP contribution is -2.04. The predicted molar refractivity (Wildman–Crippen MR) is 55.3 cm³/mol. The predicted octanol–water partition coefficient (Wildman–Crippen LogP) is 2.16. The molecule has 3 nitrogen and oxygen atoms in total. The van der Waals surface area contributed by atoms with Gasteiger partial charge in [-0.15, -0.1) is 11.6 Å². The molecule has 0 bridgehead atoms. The van der Waals surface area contributed by atoms with Gasteiger partial charge in [0.2, 0.25) is 0 Å². The number of nitrogen functional groups attached to an aromatic ring is 1. The molecule has 0 amide bonds. The summed E-state index contributed by atoms with van der Waals surface area (Å²) >= 11 is 8.44. The molecule has 0 fully saturated rings. The molecule has 0 aliphatic carbocycles. The Balaban J connectivity index is 3.23. The van der Waals surface area contributed by atoms with E-state index in [-0.39, 0.29) is 23.1 Å². The SMILES string of the molecule is Nc1cc(O)c(Br)cc1C(=O)CCl. The van der Waals surface area contributed by atoms with Crippen LogP contribution in [0.4, 0.5) is 5.69 Å². The number of rotatable bonds is 2. The molecule has 0 aromatic heterocycles. The maximum atomic E-state index is 11.2. The fraction of sp³-hybridized carbons (Fsp3) is 0.125. The van der Waals surface area contributed by atoms with Crippen LogP contribution in [0, 0.1) is 0 Å². The largest absolute Gasteiger partial charge is 0.507 e.